The van der Waals surface area contributed by atoms with Crippen LogP contribution in [-0.2, 0) is 21.6 Å². The molecule has 80 heavy (non-hydrogen) atoms. The molecule has 13 nitrogen and oxygen atoms in total. The summed E-state index contributed by atoms with van der Waals surface area (Å²) in [6.07, 6.45) is 16.3. The number of nitriles is 1. The van der Waals surface area contributed by atoms with Gasteiger partial charge in [0, 0.05) is 105 Å². The molecule has 4 heterocycles. The number of halogens is 3. The van der Waals surface area contributed by atoms with Crippen LogP contribution in [0.5, 0.6) is 17.2 Å². The molecular formula is C64H89ClF2N8O5. The van der Waals surface area contributed by atoms with Gasteiger partial charge >= 0.3 is 0 Å². The van der Waals surface area contributed by atoms with Crippen LogP contribution >= 0.6 is 11.6 Å². The Bertz CT molecular complexity index is 2730. The van der Waals surface area contributed by atoms with E-state index in [1.54, 1.807) is 56.1 Å². The van der Waals surface area contributed by atoms with Gasteiger partial charge in [0.1, 0.15) is 35.8 Å². The van der Waals surface area contributed by atoms with E-state index in [4.69, 9.17) is 21.1 Å². The largest absolute Gasteiger partial charge is 0.489 e. The van der Waals surface area contributed by atoms with Gasteiger partial charge in [-0.05, 0) is 112 Å². The maximum atomic E-state index is 16.7. The number of carbonyl (C=O) groups excluding carboxylic acids is 2. The number of nitrogens with one attached hydrogen (secondary N) is 3. The molecule has 5 unspecified atom stereocenters. The van der Waals surface area contributed by atoms with Crippen molar-refractivity contribution in [3.05, 3.63) is 93.6 Å². The van der Waals surface area contributed by atoms with Crippen LogP contribution in [-0.4, -0.2) is 126 Å². The van der Waals surface area contributed by atoms with E-state index in [1.807, 2.05) is 12.3 Å². The van der Waals surface area contributed by atoms with Crippen molar-refractivity contribution in [1.29, 1.82) is 5.26 Å². The predicted octanol–water partition coefficient (Wildman–Crippen LogP) is 11.0. The van der Waals surface area contributed by atoms with Crippen LogP contribution < -0.4 is 25.4 Å². The van der Waals surface area contributed by atoms with Crippen LogP contribution in [0, 0.1) is 51.5 Å². The molecule has 4 aliphatic heterocycles. The summed E-state index contributed by atoms with van der Waals surface area (Å²) in [5.74, 6) is -0.210. The molecule has 5 fully saturated rings. The van der Waals surface area contributed by atoms with Crippen molar-refractivity contribution < 1.29 is 33.0 Å². The number of nitrogens with zero attached hydrogens (tertiary/aromatic N) is 5. The zero-order chi connectivity index (χ0) is 57.1. The van der Waals surface area contributed by atoms with Gasteiger partial charge < -0.3 is 35.0 Å². The standard InChI is InChI=1S/C64H89ClF2N8O5/c1-9-10-11-12-13-17-29-75-39-43(57(76)71-59-62(2,3)60(63(59,4)5)79-45-24-22-42(37-68)50(65)35-45)38-69-61(75)74-32-30-73(31-33-74)28-18-21-46-51(66)25-27-54(55(46)67)80-53-26-23-44(64(6,7)78)34-47(53)49-40-72(8)58(77)56-48(49)36-52(70-56)41-19-15-14-16-20-41/h22-27,34-35,40-41,43,48,52,56,59-61,69-70,78H,9-21,28-33,36,38-39H2,1-8H3,(H,71,76). The van der Waals surface area contributed by atoms with E-state index >= 15 is 8.78 Å². The molecule has 0 spiro atoms. The van der Waals surface area contributed by atoms with Gasteiger partial charge in [-0.2, -0.15) is 5.26 Å². The summed E-state index contributed by atoms with van der Waals surface area (Å²) in [5, 5.41) is 31.9. The van der Waals surface area contributed by atoms with Crippen molar-refractivity contribution in [3.8, 4) is 23.3 Å². The van der Waals surface area contributed by atoms with Crippen LogP contribution in [0.3, 0.4) is 0 Å². The van der Waals surface area contributed by atoms with Gasteiger partial charge in [-0.15, -0.1) is 0 Å². The van der Waals surface area contributed by atoms with Crippen molar-refractivity contribution in [2.75, 3.05) is 59.4 Å². The molecule has 436 valence electrons. The van der Waals surface area contributed by atoms with E-state index in [0.717, 1.165) is 70.4 Å². The molecule has 4 N–H and O–H groups in total. The lowest BCUT2D eigenvalue weighted by Gasteiger charge is -2.63. The number of piperazine rings is 1. The minimum atomic E-state index is -1.17. The number of likely N-dealkylation sites (N-methyl/N-ethyl adjacent to an activating group) is 1. The Hall–Kier alpha value is -4.66. The van der Waals surface area contributed by atoms with Gasteiger partial charge in [0.15, 0.2) is 11.6 Å². The zero-order valence-electron chi connectivity index (χ0n) is 48.8. The molecule has 2 amide bonds. The minimum Gasteiger partial charge on any atom is -0.489 e. The third-order valence-electron chi connectivity index (χ3n) is 18.8. The van der Waals surface area contributed by atoms with Gasteiger partial charge in [0.25, 0.3) is 0 Å². The van der Waals surface area contributed by atoms with Gasteiger partial charge in [-0.3, -0.25) is 24.7 Å². The normalized spacial score (nSPS) is 26.5. The zero-order valence-corrected chi connectivity index (χ0v) is 49.6. The Morgan fingerprint density at radius 1 is 0.925 bits per heavy atom. The van der Waals surface area contributed by atoms with Crippen LogP contribution in [0.15, 0.2) is 54.7 Å². The summed E-state index contributed by atoms with van der Waals surface area (Å²) >= 11 is 6.35. The van der Waals surface area contributed by atoms with E-state index in [1.165, 1.54) is 57.1 Å². The highest BCUT2D eigenvalue weighted by Crippen LogP contribution is 2.56. The maximum Gasteiger partial charge on any atom is 0.244 e. The molecule has 0 aromatic heterocycles. The quantitative estimate of drug-likeness (QED) is 0.0757. The minimum absolute atomic E-state index is 0.00392. The molecule has 6 aliphatic rings. The fourth-order valence-electron chi connectivity index (χ4n) is 14.6. The van der Waals surface area contributed by atoms with Gasteiger partial charge in [-0.25, -0.2) is 8.78 Å². The molecule has 2 saturated carbocycles. The SMILES string of the molecule is CCCCCCCCN1CC(C(=O)NC2C(C)(C)C(Oc3ccc(C#N)c(Cl)c3)C2(C)C)CNC1N1CCN(CCCc2c(F)ccc(Oc3ccc(C(C)(C)O)cc3C3=CN(C)C(=O)C4NC(C5CCCCC5)CC34)c2F)CC1. The van der Waals surface area contributed by atoms with Crippen LogP contribution in [0.1, 0.15) is 154 Å². The predicted molar refractivity (Wildman–Crippen MR) is 311 cm³/mol. The van der Waals surface area contributed by atoms with E-state index in [0.29, 0.717) is 65.2 Å². The molecule has 3 aromatic carbocycles. The fourth-order valence-corrected chi connectivity index (χ4v) is 14.8. The Morgan fingerprint density at radius 2 is 1.64 bits per heavy atom. The Balaban J connectivity index is 0.812. The molecule has 16 heteroatoms. The van der Waals surface area contributed by atoms with Crippen molar-refractivity contribution in [3.63, 3.8) is 0 Å². The monoisotopic (exact) mass is 1120 g/mol. The van der Waals surface area contributed by atoms with Crippen LogP contribution in [0.4, 0.5) is 8.78 Å². The number of rotatable bonds is 21. The number of carbonyl (C=O) groups is 2. The topological polar surface area (TPSA) is 146 Å². The number of fused-ring (bicyclic) bond motifs is 1. The lowest BCUT2D eigenvalue weighted by molar-refractivity contribution is -0.175. The number of aliphatic hydroxyl groups is 1. The van der Waals surface area contributed by atoms with Crippen LogP contribution in [0.25, 0.3) is 5.57 Å². The fraction of sp³-hybridized carbons (Fsp3) is 0.641. The molecule has 3 saturated heterocycles. The Kier molecular flexibility index (Phi) is 19.1. The molecule has 9 rings (SSSR count). The number of amides is 2. The summed E-state index contributed by atoms with van der Waals surface area (Å²) < 4.78 is 45.3. The smallest absolute Gasteiger partial charge is 0.244 e. The lowest BCUT2D eigenvalue weighted by atomic mass is 9.49. The van der Waals surface area contributed by atoms with Crippen molar-refractivity contribution in [1.82, 2.24) is 35.6 Å². The third kappa shape index (κ3) is 13.1. The molecule has 2 aliphatic carbocycles. The van der Waals surface area contributed by atoms with Gasteiger partial charge in [0.05, 0.1) is 28.1 Å². The molecule has 0 bridgehead atoms. The van der Waals surface area contributed by atoms with Crippen molar-refractivity contribution >= 4 is 29.0 Å². The summed E-state index contributed by atoms with van der Waals surface area (Å²) in [6, 6.07) is 15.0. The Morgan fingerprint density at radius 3 is 2.34 bits per heavy atom. The molecule has 0 radical (unpaired) electrons. The second-order valence-electron chi connectivity index (χ2n) is 25.8. The first-order valence-corrected chi connectivity index (χ1v) is 30.4. The third-order valence-corrected chi connectivity index (χ3v) is 19.2. The molecule has 5 atom stereocenters. The highest BCUT2D eigenvalue weighted by Gasteiger charge is 2.64. The van der Waals surface area contributed by atoms with Gasteiger partial charge in [-0.1, -0.05) is 104 Å². The lowest BCUT2D eigenvalue weighted by Crippen LogP contribution is -2.75. The summed E-state index contributed by atoms with van der Waals surface area (Å²) in [5.41, 5.74) is 0.726. The first-order chi connectivity index (χ1) is 38.2. The summed E-state index contributed by atoms with van der Waals surface area (Å²) in [6.45, 7) is 20.2. The number of unbranched alkanes of at least 4 members (excludes halogenated alkanes) is 5. The average molecular weight is 1120 g/mol. The number of ether oxygens (including phenoxy) is 2. The first kappa shape index (κ1) is 59.9. The number of benzene rings is 3. The highest BCUT2D eigenvalue weighted by atomic mass is 35.5. The van der Waals surface area contributed by atoms with Crippen molar-refractivity contribution in [2.24, 2.45) is 28.6 Å². The number of hydrogen-bond acceptors (Lipinski definition) is 11. The second-order valence-corrected chi connectivity index (χ2v) is 26.2. The van der Waals surface area contributed by atoms with Crippen molar-refractivity contribution in [2.45, 2.75) is 174 Å². The van der Waals surface area contributed by atoms with E-state index in [-0.39, 0.29) is 76.7 Å². The molecular weight excluding hydrogens is 1030 g/mol. The van der Waals surface area contributed by atoms with E-state index < -0.39 is 23.3 Å². The number of hydrogen-bond donors (Lipinski definition) is 4. The summed E-state index contributed by atoms with van der Waals surface area (Å²) in [4.78, 5) is 36.9. The average Bonchev–Trinajstić information content (AvgIpc) is 4.04. The van der Waals surface area contributed by atoms with E-state index in [9.17, 15) is 20.0 Å². The van der Waals surface area contributed by atoms with Crippen LogP contribution in [0.2, 0.25) is 5.02 Å². The Labute approximate surface area is 480 Å². The van der Waals surface area contributed by atoms with Gasteiger partial charge in [0.2, 0.25) is 11.8 Å². The first-order valence-electron chi connectivity index (χ1n) is 30.1. The summed E-state index contributed by atoms with van der Waals surface area (Å²) in [7, 11) is 1.77. The molecule has 3 aromatic rings. The maximum absolute atomic E-state index is 16.7. The van der Waals surface area contributed by atoms with E-state index in [2.05, 4.69) is 71.3 Å². The highest BCUT2D eigenvalue weighted by molar-refractivity contribution is 6.31. The second kappa shape index (κ2) is 25.5.